The van der Waals surface area contributed by atoms with E-state index in [1.807, 2.05) is 24.3 Å². The van der Waals surface area contributed by atoms with Crippen molar-refractivity contribution >= 4 is 17.7 Å². The minimum absolute atomic E-state index is 0.0818. The SMILES string of the molecule is N#Cc1ccc(COC(=O)CCNC(=O)Nc2ccccc2)cc1. The topological polar surface area (TPSA) is 91.2 Å². The van der Waals surface area contributed by atoms with Gasteiger partial charge in [0.25, 0.3) is 0 Å². The number of para-hydroxylation sites is 1. The number of nitrogens with zero attached hydrogens (tertiary/aromatic N) is 1. The molecule has 2 aromatic carbocycles. The molecule has 0 aliphatic heterocycles. The van der Waals surface area contributed by atoms with E-state index in [9.17, 15) is 9.59 Å². The zero-order valence-corrected chi connectivity index (χ0v) is 13.0. The maximum Gasteiger partial charge on any atom is 0.319 e. The molecule has 0 aliphatic carbocycles. The molecule has 0 fully saturated rings. The molecule has 24 heavy (non-hydrogen) atoms. The molecule has 6 heteroatoms. The van der Waals surface area contributed by atoms with Gasteiger partial charge in [0.15, 0.2) is 0 Å². The third-order valence-electron chi connectivity index (χ3n) is 3.13. The fourth-order valence-corrected chi connectivity index (χ4v) is 1.89. The fraction of sp³-hybridized carbons (Fsp3) is 0.167. The van der Waals surface area contributed by atoms with Gasteiger partial charge < -0.3 is 15.4 Å². The third-order valence-corrected chi connectivity index (χ3v) is 3.13. The van der Waals surface area contributed by atoms with E-state index < -0.39 is 5.97 Å². The second-order valence-electron chi connectivity index (χ2n) is 4.97. The van der Waals surface area contributed by atoms with Gasteiger partial charge in [0.2, 0.25) is 0 Å². The average molecular weight is 323 g/mol. The molecular formula is C18H17N3O3. The summed E-state index contributed by atoms with van der Waals surface area (Å²) in [5.41, 5.74) is 2.04. The number of hydrogen-bond donors (Lipinski definition) is 2. The summed E-state index contributed by atoms with van der Waals surface area (Å²) in [5.74, 6) is -0.403. The summed E-state index contributed by atoms with van der Waals surface area (Å²) in [4.78, 5) is 23.3. The van der Waals surface area contributed by atoms with Crippen molar-refractivity contribution in [3.8, 4) is 6.07 Å². The number of anilines is 1. The van der Waals surface area contributed by atoms with Crippen molar-refractivity contribution in [2.75, 3.05) is 11.9 Å². The molecule has 2 aromatic rings. The Morgan fingerprint density at radius 3 is 2.42 bits per heavy atom. The van der Waals surface area contributed by atoms with Gasteiger partial charge in [-0.3, -0.25) is 4.79 Å². The van der Waals surface area contributed by atoms with Crippen LogP contribution in [0.4, 0.5) is 10.5 Å². The molecule has 0 unspecified atom stereocenters. The molecule has 2 amide bonds. The predicted molar refractivity (Wildman–Crippen MR) is 89.0 cm³/mol. The Labute approximate surface area is 140 Å². The first kappa shape index (κ1) is 17.0. The van der Waals surface area contributed by atoms with Crippen molar-refractivity contribution in [2.24, 2.45) is 0 Å². The van der Waals surface area contributed by atoms with Crippen LogP contribution in [-0.4, -0.2) is 18.5 Å². The first-order chi connectivity index (χ1) is 11.7. The van der Waals surface area contributed by atoms with Crippen LogP contribution < -0.4 is 10.6 Å². The molecule has 0 aliphatic rings. The van der Waals surface area contributed by atoms with Crippen LogP contribution in [0.2, 0.25) is 0 Å². The molecule has 6 nitrogen and oxygen atoms in total. The zero-order chi connectivity index (χ0) is 17.2. The summed E-state index contributed by atoms with van der Waals surface area (Å²) in [6.45, 7) is 0.325. The summed E-state index contributed by atoms with van der Waals surface area (Å²) < 4.78 is 5.11. The first-order valence-corrected chi connectivity index (χ1v) is 7.42. The number of amides is 2. The van der Waals surface area contributed by atoms with E-state index in [4.69, 9.17) is 10.00 Å². The number of nitriles is 1. The molecule has 0 aromatic heterocycles. The van der Waals surface area contributed by atoms with Gasteiger partial charge >= 0.3 is 12.0 Å². The van der Waals surface area contributed by atoms with Crippen LogP contribution in [-0.2, 0) is 16.1 Å². The van der Waals surface area contributed by atoms with E-state index >= 15 is 0 Å². The van der Waals surface area contributed by atoms with Crippen molar-refractivity contribution in [3.63, 3.8) is 0 Å². The number of benzene rings is 2. The average Bonchev–Trinajstić information content (AvgIpc) is 2.61. The van der Waals surface area contributed by atoms with E-state index in [2.05, 4.69) is 10.6 Å². The maximum absolute atomic E-state index is 11.6. The van der Waals surface area contributed by atoms with Crippen molar-refractivity contribution in [1.29, 1.82) is 5.26 Å². The number of carbonyl (C=O) groups excluding carboxylic acids is 2. The van der Waals surface area contributed by atoms with Gasteiger partial charge in [-0.05, 0) is 29.8 Å². The normalized spacial score (nSPS) is 9.62. The van der Waals surface area contributed by atoms with Crippen LogP contribution in [0, 0.1) is 11.3 Å². The predicted octanol–water partition coefficient (Wildman–Crippen LogP) is 2.81. The summed E-state index contributed by atoms with van der Waals surface area (Å²) in [6, 6.07) is 17.5. The van der Waals surface area contributed by atoms with E-state index in [1.54, 1.807) is 36.4 Å². The minimum atomic E-state index is -0.403. The quantitative estimate of drug-likeness (QED) is 0.800. The molecule has 0 radical (unpaired) electrons. The number of rotatable bonds is 6. The monoisotopic (exact) mass is 323 g/mol. The van der Waals surface area contributed by atoms with Crippen LogP contribution in [0.25, 0.3) is 0 Å². The summed E-state index contributed by atoms with van der Waals surface area (Å²) >= 11 is 0. The Morgan fingerprint density at radius 2 is 1.75 bits per heavy atom. The van der Waals surface area contributed by atoms with Crippen LogP contribution in [0.5, 0.6) is 0 Å². The van der Waals surface area contributed by atoms with Crippen molar-refractivity contribution in [1.82, 2.24) is 5.32 Å². The molecule has 0 saturated carbocycles. The lowest BCUT2D eigenvalue weighted by atomic mass is 10.2. The Kier molecular flexibility index (Phi) is 6.35. The molecule has 122 valence electrons. The largest absolute Gasteiger partial charge is 0.461 e. The summed E-state index contributed by atoms with van der Waals surface area (Å²) in [6.07, 6.45) is 0.0818. The molecule has 2 rings (SSSR count). The van der Waals surface area contributed by atoms with Gasteiger partial charge in [-0.2, -0.15) is 5.26 Å². The summed E-state index contributed by atoms with van der Waals surface area (Å²) in [5, 5.41) is 14.0. The van der Waals surface area contributed by atoms with Crippen LogP contribution in [0.3, 0.4) is 0 Å². The number of esters is 1. The Bertz CT molecular complexity index is 721. The second kappa shape index (κ2) is 8.96. The van der Waals surface area contributed by atoms with Crippen molar-refractivity contribution in [2.45, 2.75) is 13.0 Å². The standard InChI is InChI=1S/C18H17N3O3/c19-12-14-6-8-15(9-7-14)13-24-17(22)10-11-20-18(23)21-16-4-2-1-3-5-16/h1-9H,10-11,13H2,(H2,20,21,23). The van der Waals surface area contributed by atoms with Gasteiger partial charge in [-0.25, -0.2) is 4.79 Å². The number of carbonyl (C=O) groups is 2. The molecule has 0 bridgehead atoms. The number of nitrogens with one attached hydrogen (secondary N) is 2. The molecular weight excluding hydrogens is 306 g/mol. The number of hydrogen-bond acceptors (Lipinski definition) is 4. The number of ether oxygens (including phenoxy) is 1. The van der Waals surface area contributed by atoms with Gasteiger partial charge in [0, 0.05) is 12.2 Å². The highest BCUT2D eigenvalue weighted by Crippen LogP contribution is 2.06. The Hall–Kier alpha value is -3.33. The van der Waals surface area contributed by atoms with Crippen LogP contribution in [0.15, 0.2) is 54.6 Å². The Balaban J connectivity index is 1.64. The molecule has 0 saturated heterocycles. The van der Waals surface area contributed by atoms with E-state index in [0.29, 0.717) is 11.3 Å². The molecule has 0 spiro atoms. The van der Waals surface area contributed by atoms with Crippen molar-refractivity contribution in [3.05, 3.63) is 65.7 Å². The second-order valence-corrected chi connectivity index (χ2v) is 4.97. The number of urea groups is 1. The molecule has 0 atom stereocenters. The fourth-order valence-electron chi connectivity index (χ4n) is 1.89. The van der Waals surface area contributed by atoms with Crippen LogP contribution in [0.1, 0.15) is 17.5 Å². The highest BCUT2D eigenvalue weighted by molar-refractivity contribution is 5.89. The highest BCUT2D eigenvalue weighted by Gasteiger charge is 2.06. The maximum atomic E-state index is 11.6. The lowest BCUT2D eigenvalue weighted by Gasteiger charge is -2.08. The first-order valence-electron chi connectivity index (χ1n) is 7.42. The molecule has 2 N–H and O–H groups in total. The van der Waals surface area contributed by atoms with E-state index in [-0.39, 0.29) is 25.6 Å². The van der Waals surface area contributed by atoms with Gasteiger partial charge in [-0.1, -0.05) is 30.3 Å². The molecule has 0 heterocycles. The zero-order valence-electron chi connectivity index (χ0n) is 13.0. The van der Waals surface area contributed by atoms with E-state index in [0.717, 1.165) is 5.56 Å². The van der Waals surface area contributed by atoms with Gasteiger partial charge in [-0.15, -0.1) is 0 Å². The van der Waals surface area contributed by atoms with Crippen molar-refractivity contribution < 1.29 is 14.3 Å². The lowest BCUT2D eigenvalue weighted by molar-refractivity contribution is -0.144. The third kappa shape index (κ3) is 5.81. The van der Waals surface area contributed by atoms with E-state index in [1.165, 1.54) is 0 Å². The Morgan fingerprint density at radius 1 is 1.04 bits per heavy atom. The van der Waals surface area contributed by atoms with Crippen LogP contribution >= 0.6 is 0 Å². The van der Waals surface area contributed by atoms with Gasteiger partial charge in [0.05, 0.1) is 18.1 Å². The summed E-state index contributed by atoms with van der Waals surface area (Å²) in [7, 11) is 0. The lowest BCUT2D eigenvalue weighted by Crippen LogP contribution is -2.30. The van der Waals surface area contributed by atoms with Gasteiger partial charge in [0.1, 0.15) is 6.61 Å². The minimum Gasteiger partial charge on any atom is -0.461 e. The highest BCUT2D eigenvalue weighted by atomic mass is 16.5. The smallest absolute Gasteiger partial charge is 0.319 e.